The summed E-state index contributed by atoms with van der Waals surface area (Å²) in [4.78, 5) is 16.1. The molecule has 160 valence electrons. The molecule has 6 nitrogen and oxygen atoms in total. The quantitative estimate of drug-likeness (QED) is 0.687. The Kier molecular flexibility index (Phi) is 7.72. The molecule has 0 atom stereocenters. The van der Waals surface area contributed by atoms with E-state index < -0.39 is 5.60 Å². The molecule has 0 aliphatic heterocycles. The Morgan fingerprint density at radius 2 is 1.77 bits per heavy atom. The highest BCUT2D eigenvalue weighted by Gasteiger charge is 2.16. The molecule has 3 rings (SSSR count). The van der Waals surface area contributed by atoms with Gasteiger partial charge in [0.15, 0.2) is 11.5 Å². The predicted octanol–water partition coefficient (Wildman–Crippen LogP) is 3.83. The predicted molar refractivity (Wildman–Crippen MR) is 114 cm³/mol. The number of aliphatic hydroxyl groups is 1. The van der Waals surface area contributed by atoms with Gasteiger partial charge in [-0.25, -0.2) is 4.39 Å². The van der Waals surface area contributed by atoms with Crippen LogP contribution in [0.25, 0.3) is 5.69 Å². The van der Waals surface area contributed by atoms with Crippen molar-refractivity contribution in [2.24, 2.45) is 0 Å². The summed E-state index contributed by atoms with van der Waals surface area (Å²) in [6.07, 6.45) is 3.17. The number of rotatable bonds is 5. The molecular weight excluding hydrogens is 387 g/mol. The van der Waals surface area contributed by atoms with Crippen LogP contribution in [-0.4, -0.2) is 34.0 Å². The van der Waals surface area contributed by atoms with E-state index >= 15 is 0 Å². The molecule has 1 heterocycles. The maximum Gasteiger partial charge on any atom is 0.276 e. The van der Waals surface area contributed by atoms with E-state index in [-0.39, 0.29) is 18.0 Å². The molecule has 0 radical (unpaired) electrons. The summed E-state index contributed by atoms with van der Waals surface area (Å²) in [5.74, 6) is 0.825. The monoisotopic (exact) mass is 414 g/mol. The van der Waals surface area contributed by atoms with Crippen LogP contribution in [0.4, 0.5) is 4.39 Å². The van der Waals surface area contributed by atoms with Crippen molar-refractivity contribution in [2.75, 3.05) is 13.7 Å². The van der Waals surface area contributed by atoms with Gasteiger partial charge in [0.25, 0.3) is 5.56 Å². The number of hydrogen-bond donors (Lipinski definition) is 1. The normalized spacial score (nSPS) is 10.8. The smallest absolute Gasteiger partial charge is 0.276 e. The molecule has 0 fully saturated rings. The topological polar surface area (TPSA) is 73.6 Å². The van der Waals surface area contributed by atoms with Crippen LogP contribution in [0.15, 0.2) is 59.7 Å². The van der Waals surface area contributed by atoms with E-state index in [0.29, 0.717) is 22.9 Å². The standard InChI is InChI=1S/C16H20N2O4.C7H7F/c1-11-15(19)18(8-7-17-11)12-5-6-13(14(9-12)21-4)22-10-16(2,3)20;1-6-2-4-7(8)5-3-6/h5-9,20H,10H2,1-4H3;2-5H,1H3. The van der Waals surface area contributed by atoms with Crippen molar-refractivity contribution in [3.05, 3.63) is 82.3 Å². The molecule has 0 amide bonds. The van der Waals surface area contributed by atoms with Crippen molar-refractivity contribution >= 4 is 0 Å². The maximum atomic E-state index is 12.1. The minimum absolute atomic E-state index is 0.136. The van der Waals surface area contributed by atoms with Gasteiger partial charge in [-0.3, -0.25) is 14.3 Å². The Morgan fingerprint density at radius 3 is 2.33 bits per heavy atom. The lowest BCUT2D eigenvalue weighted by Gasteiger charge is -2.19. The van der Waals surface area contributed by atoms with Crippen molar-refractivity contribution < 1.29 is 19.0 Å². The Balaban J connectivity index is 0.000000335. The number of aromatic nitrogens is 2. The zero-order valence-electron chi connectivity index (χ0n) is 17.8. The van der Waals surface area contributed by atoms with Crippen molar-refractivity contribution in [1.82, 2.24) is 9.55 Å². The summed E-state index contributed by atoms with van der Waals surface area (Å²) < 4.78 is 24.4. The Labute approximate surface area is 175 Å². The third-order valence-corrected chi connectivity index (χ3v) is 4.03. The van der Waals surface area contributed by atoms with Gasteiger partial charge < -0.3 is 14.6 Å². The largest absolute Gasteiger partial charge is 0.493 e. The van der Waals surface area contributed by atoms with E-state index in [2.05, 4.69) is 4.98 Å². The fourth-order valence-corrected chi connectivity index (χ4v) is 2.43. The SMILES string of the molecule is COc1cc(-n2ccnc(C)c2=O)ccc1OCC(C)(C)O.Cc1ccc(F)cc1. The first-order valence-corrected chi connectivity index (χ1v) is 9.41. The second-order valence-electron chi connectivity index (χ2n) is 7.42. The lowest BCUT2D eigenvalue weighted by atomic mass is 10.2. The minimum Gasteiger partial charge on any atom is -0.493 e. The fraction of sp³-hybridized carbons (Fsp3) is 0.304. The Bertz CT molecular complexity index is 1000. The van der Waals surface area contributed by atoms with E-state index in [9.17, 15) is 14.3 Å². The number of halogens is 1. The van der Waals surface area contributed by atoms with Crippen LogP contribution in [0.2, 0.25) is 0 Å². The number of aryl methyl sites for hydroxylation is 2. The van der Waals surface area contributed by atoms with Crippen molar-refractivity contribution in [3.8, 4) is 17.2 Å². The molecule has 0 saturated heterocycles. The van der Waals surface area contributed by atoms with Crippen LogP contribution in [-0.2, 0) is 0 Å². The Hall–Kier alpha value is -3.19. The van der Waals surface area contributed by atoms with E-state index in [0.717, 1.165) is 5.56 Å². The molecule has 0 spiro atoms. The van der Waals surface area contributed by atoms with Crippen LogP contribution in [0, 0.1) is 19.7 Å². The zero-order chi connectivity index (χ0) is 22.3. The van der Waals surface area contributed by atoms with Gasteiger partial charge in [-0.2, -0.15) is 0 Å². The van der Waals surface area contributed by atoms with Gasteiger partial charge in [-0.05, 0) is 52.0 Å². The lowest BCUT2D eigenvalue weighted by molar-refractivity contribution is 0.0276. The Morgan fingerprint density at radius 1 is 1.10 bits per heavy atom. The molecule has 0 bridgehead atoms. The highest BCUT2D eigenvalue weighted by Crippen LogP contribution is 2.29. The molecular formula is C23H27FN2O4. The third-order valence-electron chi connectivity index (χ3n) is 4.03. The van der Waals surface area contributed by atoms with Gasteiger partial charge in [0, 0.05) is 18.5 Å². The van der Waals surface area contributed by atoms with E-state index in [1.165, 1.54) is 23.8 Å². The molecule has 3 aromatic rings. The number of methoxy groups -OCH3 is 1. The van der Waals surface area contributed by atoms with Crippen LogP contribution < -0.4 is 15.0 Å². The molecule has 1 aromatic heterocycles. The van der Waals surface area contributed by atoms with Crippen molar-refractivity contribution in [1.29, 1.82) is 0 Å². The van der Waals surface area contributed by atoms with Gasteiger partial charge in [0.1, 0.15) is 18.1 Å². The molecule has 1 N–H and O–H groups in total. The van der Waals surface area contributed by atoms with Crippen LogP contribution >= 0.6 is 0 Å². The zero-order valence-corrected chi connectivity index (χ0v) is 17.8. The third kappa shape index (κ3) is 6.70. The van der Waals surface area contributed by atoms with Crippen molar-refractivity contribution in [2.45, 2.75) is 33.3 Å². The first kappa shape index (κ1) is 23.1. The van der Waals surface area contributed by atoms with E-state index in [1.54, 1.807) is 63.5 Å². The fourth-order valence-electron chi connectivity index (χ4n) is 2.43. The maximum absolute atomic E-state index is 12.1. The summed E-state index contributed by atoms with van der Waals surface area (Å²) in [5, 5.41) is 9.72. The summed E-state index contributed by atoms with van der Waals surface area (Å²) >= 11 is 0. The minimum atomic E-state index is -0.942. The number of ether oxygens (including phenoxy) is 2. The lowest BCUT2D eigenvalue weighted by Crippen LogP contribution is -2.28. The average molecular weight is 414 g/mol. The second kappa shape index (κ2) is 10.0. The number of nitrogens with zero attached hydrogens (tertiary/aromatic N) is 2. The van der Waals surface area contributed by atoms with Crippen LogP contribution in [0.3, 0.4) is 0 Å². The number of hydrogen-bond acceptors (Lipinski definition) is 5. The van der Waals surface area contributed by atoms with Crippen LogP contribution in [0.5, 0.6) is 11.5 Å². The average Bonchev–Trinajstić information content (AvgIpc) is 2.70. The van der Waals surface area contributed by atoms with Gasteiger partial charge in [-0.1, -0.05) is 17.7 Å². The summed E-state index contributed by atoms with van der Waals surface area (Å²) in [7, 11) is 1.52. The summed E-state index contributed by atoms with van der Waals surface area (Å²) in [5.41, 5.74) is 1.04. The number of benzene rings is 2. The van der Waals surface area contributed by atoms with Gasteiger partial charge >= 0.3 is 0 Å². The highest BCUT2D eigenvalue weighted by molar-refractivity contribution is 5.49. The summed E-state index contributed by atoms with van der Waals surface area (Å²) in [6, 6.07) is 11.6. The molecule has 7 heteroatoms. The molecule has 0 unspecified atom stereocenters. The van der Waals surface area contributed by atoms with Crippen molar-refractivity contribution in [3.63, 3.8) is 0 Å². The van der Waals surface area contributed by atoms with Crippen LogP contribution in [0.1, 0.15) is 25.1 Å². The van der Waals surface area contributed by atoms with E-state index in [4.69, 9.17) is 9.47 Å². The first-order chi connectivity index (χ1) is 14.1. The molecule has 0 saturated carbocycles. The second-order valence-corrected chi connectivity index (χ2v) is 7.42. The molecule has 30 heavy (non-hydrogen) atoms. The first-order valence-electron chi connectivity index (χ1n) is 9.41. The molecule has 0 aliphatic carbocycles. The molecule has 2 aromatic carbocycles. The van der Waals surface area contributed by atoms with Gasteiger partial charge in [-0.15, -0.1) is 0 Å². The molecule has 0 aliphatic rings. The van der Waals surface area contributed by atoms with E-state index in [1.807, 2.05) is 6.92 Å². The van der Waals surface area contributed by atoms with Gasteiger partial charge in [0.2, 0.25) is 0 Å². The highest BCUT2D eigenvalue weighted by atomic mass is 19.1. The summed E-state index contributed by atoms with van der Waals surface area (Å²) in [6.45, 7) is 7.05. The van der Waals surface area contributed by atoms with Gasteiger partial charge in [0.05, 0.1) is 18.4 Å².